The summed E-state index contributed by atoms with van der Waals surface area (Å²) in [5.74, 6) is -0.551. The highest BCUT2D eigenvalue weighted by Crippen LogP contribution is 2.24. The van der Waals surface area contributed by atoms with Crippen molar-refractivity contribution in [3.8, 4) is 0 Å². The van der Waals surface area contributed by atoms with Gasteiger partial charge in [-0.1, -0.05) is 35.9 Å². The first-order chi connectivity index (χ1) is 11.5. The summed E-state index contributed by atoms with van der Waals surface area (Å²) in [6, 6.07) is 12.5. The molecule has 0 spiro atoms. The average Bonchev–Trinajstić information content (AvgIpc) is 2.57. The number of aliphatic hydroxyl groups is 1. The maximum atomic E-state index is 12.5. The molecule has 0 aliphatic carbocycles. The van der Waals surface area contributed by atoms with E-state index >= 15 is 0 Å². The Morgan fingerprint density at radius 2 is 1.71 bits per heavy atom. The molecule has 0 aliphatic heterocycles. The van der Waals surface area contributed by atoms with Crippen molar-refractivity contribution in [3.63, 3.8) is 0 Å². The van der Waals surface area contributed by atoms with Crippen molar-refractivity contribution in [3.05, 3.63) is 64.2 Å². The topological polar surface area (TPSA) is 63.6 Å². The van der Waals surface area contributed by atoms with E-state index in [2.05, 4.69) is 4.74 Å². The van der Waals surface area contributed by atoms with Crippen LogP contribution >= 0.6 is 23.4 Å². The lowest BCUT2D eigenvalue weighted by atomic mass is 10.0. The van der Waals surface area contributed by atoms with Crippen molar-refractivity contribution in [2.75, 3.05) is 13.0 Å². The van der Waals surface area contributed by atoms with Crippen molar-refractivity contribution in [1.29, 1.82) is 0 Å². The Morgan fingerprint density at radius 3 is 2.29 bits per heavy atom. The van der Waals surface area contributed by atoms with Crippen molar-refractivity contribution < 1.29 is 19.4 Å². The molecule has 0 amide bonds. The number of thioether (sulfide) groups is 1. The van der Waals surface area contributed by atoms with Crippen LogP contribution in [0.2, 0.25) is 5.02 Å². The molecule has 0 saturated heterocycles. The Kier molecular flexibility index (Phi) is 6.85. The van der Waals surface area contributed by atoms with Crippen LogP contribution in [0.25, 0.3) is 0 Å². The number of ether oxygens (including phenoxy) is 1. The number of hydrogen-bond acceptors (Lipinski definition) is 5. The second-order valence-electron chi connectivity index (χ2n) is 5.08. The van der Waals surface area contributed by atoms with Gasteiger partial charge in [-0.3, -0.25) is 9.59 Å². The number of Topliss-reactive ketones (excluding diaryl/α,β-unsaturated/α-hetero) is 1. The van der Waals surface area contributed by atoms with Crippen LogP contribution in [0.3, 0.4) is 0 Å². The largest absolute Gasteiger partial charge is 0.438 e. The van der Waals surface area contributed by atoms with E-state index in [0.29, 0.717) is 10.6 Å². The van der Waals surface area contributed by atoms with Gasteiger partial charge in [0.25, 0.3) is 0 Å². The van der Waals surface area contributed by atoms with Gasteiger partial charge in [-0.25, -0.2) is 0 Å². The summed E-state index contributed by atoms with van der Waals surface area (Å²) in [4.78, 5) is 24.7. The number of benzene rings is 2. The van der Waals surface area contributed by atoms with Gasteiger partial charge in [0.2, 0.25) is 0 Å². The molecule has 2 aromatic carbocycles. The second-order valence-corrected chi connectivity index (χ2v) is 6.37. The highest BCUT2D eigenvalue weighted by molar-refractivity contribution is 7.98. The van der Waals surface area contributed by atoms with Gasteiger partial charge in [0.05, 0.1) is 11.4 Å². The van der Waals surface area contributed by atoms with Crippen molar-refractivity contribution in [1.82, 2.24) is 0 Å². The minimum Gasteiger partial charge on any atom is -0.438 e. The van der Waals surface area contributed by atoms with Gasteiger partial charge >= 0.3 is 5.97 Å². The maximum absolute atomic E-state index is 12.5. The highest BCUT2D eigenvalue weighted by Gasteiger charge is 2.12. The Labute approximate surface area is 149 Å². The minimum absolute atomic E-state index is 0.0525. The lowest BCUT2D eigenvalue weighted by Gasteiger charge is -2.07. The predicted octanol–water partition coefficient (Wildman–Crippen LogP) is 3.52. The number of rotatable bonds is 7. The van der Waals surface area contributed by atoms with E-state index in [-0.39, 0.29) is 18.6 Å². The molecule has 0 aliphatic rings. The molecule has 0 fully saturated rings. The van der Waals surface area contributed by atoms with E-state index in [0.717, 1.165) is 16.0 Å². The molecule has 0 heterocycles. The number of carbonyl (C=O) groups excluding carboxylic acids is 2. The fourth-order valence-electron chi connectivity index (χ4n) is 2.19. The van der Waals surface area contributed by atoms with Crippen LogP contribution in [0.4, 0.5) is 0 Å². The first kappa shape index (κ1) is 18.5. The third kappa shape index (κ3) is 5.09. The molecule has 126 valence electrons. The highest BCUT2D eigenvalue weighted by atomic mass is 35.5. The summed E-state index contributed by atoms with van der Waals surface area (Å²) >= 11 is 7.68. The zero-order valence-electron chi connectivity index (χ0n) is 13.1. The molecule has 0 radical (unpaired) electrons. The first-order valence-corrected chi connectivity index (χ1v) is 8.84. The number of hydrogen-bond donors (Lipinski definition) is 1. The summed E-state index contributed by atoms with van der Waals surface area (Å²) in [6.45, 7) is -0.624. The normalized spacial score (nSPS) is 10.5. The zero-order chi connectivity index (χ0) is 17.5. The number of ketones is 1. The van der Waals surface area contributed by atoms with Gasteiger partial charge in [-0.2, -0.15) is 0 Å². The van der Waals surface area contributed by atoms with Crippen LogP contribution in [-0.2, 0) is 22.4 Å². The molecule has 1 N–H and O–H groups in total. The zero-order valence-corrected chi connectivity index (χ0v) is 14.7. The van der Waals surface area contributed by atoms with Crippen molar-refractivity contribution in [2.45, 2.75) is 17.7 Å². The first-order valence-electron chi connectivity index (χ1n) is 7.24. The Morgan fingerprint density at radius 1 is 1.08 bits per heavy atom. The SMILES string of the molecule is CSc1ccc(Cl)c(C(=O)Cc2ccc(CC(=O)OCO)cc2)c1. The summed E-state index contributed by atoms with van der Waals surface area (Å²) in [5, 5.41) is 8.98. The van der Waals surface area contributed by atoms with Crippen LogP contribution in [0.1, 0.15) is 21.5 Å². The van der Waals surface area contributed by atoms with Crippen molar-refractivity contribution >= 4 is 35.1 Å². The molecule has 0 saturated carbocycles. The van der Waals surface area contributed by atoms with E-state index in [4.69, 9.17) is 16.7 Å². The second kappa shape index (κ2) is 8.87. The van der Waals surface area contributed by atoms with Gasteiger partial charge in [0.1, 0.15) is 0 Å². The summed E-state index contributed by atoms with van der Waals surface area (Å²) in [5.41, 5.74) is 2.11. The van der Waals surface area contributed by atoms with Crippen LogP contribution in [0.5, 0.6) is 0 Å². The molecule has 24 heavy (non-hydrogen) atoms. The van der Waals surface area contributed by atoms with Crippen molar-refractivity contribution in [2.24, 2.45) is 0 Å². The Bertz CT molecular complexity index is 728. The van der Waals surface area contributed by atoms with Crippen LogP contribution in [0.15, 0.2) is 47.4 Å². The molecule has 6 heteroatoms. The Balaban J connectivity index is 2.05. The van der Waals surface area contributed by atoms with E-state index < -0.39 is 12.8 Å². The molecular formula is C18H17ClO4S. The monoisotopic (exact) mass is 364 g/mol. The summed E-state index contributed by atoms with van der Waals surface area (Å²) in [6.07, 6.45) is 2.26. The average molecular weight is 365 g/mol. The minimum atomic E-state index is -0.624. The number of aliphatic hydroxyl groups excluding tert-OH is 1. The van der Waals surface area contributed by atoms with E-state index in [9.17, 15) is 9.59 Å². The molecule has 0 bridgehead atoms. The van der Waals surface area contributed by atoms with Gasteiger partial charge in [-0.05, 0) is 35.6 Å². The quantitative estimate of drug-likeness (QED) is 0.352. The third-order valence-corrected chi connectivity index (χ3v) is 4.49. The lowest BCUT2D eigenvalue weighted by Crippen LogP contribution is -2.09. The molecule has 0 aromatic heterocycles. The number of halogens is 1. The maximum Gasteiger partial charge on any atom is 0.312 e. The van der Waals surface area contributed by atoms with Gasteiger partial charge in [-0.15, -0.1) is 11.8 Å². The third-order valence-electron chi connectivity index (χ3n) is 3.44. The van der Waals surface area contributed by atoms with E-state index in [1.807, 2.05) is 12.3 Å². The fraction of sp³-hybridized carbons (Fsp3) is 0.222. The molecule has 0 unspecified atom stereocenters. The summed E-state index contributed by atoms with van der Waals surface area (Å²) in [7, 11) is 0. The fourth-order valence-corrected chi connectivity index (χ4v) is 2.85. The summed E-state index contributed by atoms with van der Waals surface area (Å²) < 4.78 is 4.48. The van der Waals surface area contributed by atoms with E-state index in [1.54, 1.807) is 48.2 Å². The molecular weight excluding hydrogens is 348 g/mol. The standard InChI is InChI=1S/C18H17ClO4S/c1-24-14-6-7-16(19)15(10-14)17(21)8-12-2-4-13(5-3-12)9-18(22)23-11-20/h2-7,10,20H,8-9,11H2,1H3. The van der Waals surface area contributed by atoms with Crippen LogP contribution < -0.4 is 0 Å². The van der Waals surface area contributed by atoms with Crippen LogP contribution in [-0.4, -0.2) is 29.9 Å². The molecule has 4 nitrogen and oxygen atoms in total. The molecule has 2 aromatic rings. The van der Waals surface area contributed by atoms with Gasteiger partial charge in [0, 0.05) is 16.9 Å². The Hall–Kier alpha value is -1.82. The number of esters is 1. The molecule has 0 atom stereocenters. The smallest absolute Gasteiger partial charge is 0.312 e. The number of carbonyl (C=O) groups is 2. The molecule has 2 rings (SSSR count). The van der Waals surface area contributed by atoms with Gasteiger partial charge in [0.15, 0.2) is 12.6 Å². The predicted molar refractivity (Wildman–Crippen MR) is 94.6 cm³/mol. The lowest BCUT2D eigenvalue weighted by molar-refractivity contribution is -0.150. The van der Waals surface area contributed by atoms with Crippen LogP contribution in [0, 0.1) is 0 Å². The van der Waals surface area contributed by atoms with Gasteiger partial charge < -0.3 is 9.84 Å². The van der Waals surface area contributed by atoms with E-state index in [1.165, 1.54) is 0 Å².